The molecule has 2 heterocycles. The average Bonchev–Trinajstić information content (AvgIpc) is 2.42. The maximum Gasteiger partial charge on any atom is 0.126 e. The molecular weight excluding hydrogens is 224 g/mol. The second kappa shape index (κ2) is 6.36. The zero-order valence-electron chi connectivity index (χ0n) is 10.9. The van der Waals surface area contributed by atoms with Gasteiger partial charge >= 0.3 is 0 Å². The van der Waals surface area contributed by atoms with E-state index in [1.54, 1.807) is 6.20 Å². The van der Waals surface area contributed by atoms with Gasteiger partial charge in [0.1, 0.15) is 11.9 Å². The summed E-state index contributed by atoms with van der Waals surface area (Å²) in [6.07, 6.45) is 5.19. The van der Waals surface area contributed by atoms with E-state index >= 15 is 0 Å². The Hall–Kier alpha value is -1.60. The zero-order valence-corrected chi connectivity index (χ0v) is 10.9. The summed E-state index contributed by atoms with van der Waals surface area (Å²) in [6, 6.07) is 6.29. The lowest BCUT2D eigenvalue weighted by Crippen LogP contribution is -2.39. The minimum absolute atomic E-state index is 0.513. The van der Waals surface area contributed by atoms with Crippen LogP contribution in [0.15, 0.2) is 18.3 Å². The molecule has 0 saturated carbocycles. The molecule has 0 atom stereocenters. The summed E-state index contributed by atoms with van der Waals surface area (Å²) < 4.78 is 0. The fourth-order valence-corrected chi connectivity index (χ4v) is 2.37. The van der Waals surface area contributed by atoms with E-state index in [-0.39, 0.29) is 0 Å². The third-order valence-corrected chi connectivity index (χ3v) is 3.37. The molecule has 0 radical (unpaired) electrons. The molecule has 1 aromatic rings. The lowest BCUT2D eigenvalue weighted by molar-refractivity contribution is 0.219. The van der Waals surface area contributed by atoms with Gasteiger partial charge in [-0.25, -0.2) is 4.98 Å². The lowest BCUT2D eigenvalue weighted by atomic mass is 10.0. The van der Waals surface area contributed by atoms with Crippen molar-refractivity contribution >= 4 is 5.82 Å². The highest BCUT2D eigenvalue weighted by Crippen LogP contribution is 2.15. The number of likely N-dealkylation sites (tertiary alicyclic amines) is 1. The maximum atomic E-state index is 8.71. The zero-order chi connectivity index (χ0) is 12.8. The highest BCUT2D eigenvalue weighted by Gasteiger charge is 2.18. The van der Waals surface area contributed by atoms with E-state index in [0.717, 1.165) is 5.82 Å². The Morgan fingerprint density at radius 2 is 2.22 bits per heavy atom. The van der Waals surface area contributed by atoms with E-state index in [2.05, 4.69) is 28.2 Å². The van der Waals surface area contributed by atoms with Crippen molar-refractivity contribution in [3.63, 3.8) is 0 Å². The van der Waals surface area contributed by atoms with Crippen LogP contribution in [0.5, 0.6) is 0 Å². The van der Waals surface area contributed by atoms with Gasteiger partial charge in [-0.05, 0) is 37.9 Å². The van der Waals surface area contributed by atoms with Crippen LogP contribution in [0.3, 0.4) is 0 Å². The second-order valence-electron chi connectivity index (χ2n) is 4.80. The van der Waals surface area contributed by atoms with Crippen molar-refractivity contribution in [1.82, 2.24) is 9.88 Å². The molecule has 1 aliphatic rings. The number of pyridine rings is 1. The second-order valence-corrected chi connectivity index (χ2v) is 4.80. The number of rotatable bonds is 4. The van der Waals surface area contributed by atoms with Crippen LogP contribution in [0.1, 0.15) is 31.7 Å². The molecule has 0 amide bonds. The van der Waals surface area contributed by atoms with E-state index in [1.165, 1.54) is 38.9 Å². The lowest BCUT2D eigenvalue weighted by Gasteiger charge is -2.32. The van der Waals surface area contributed by atoms with E-state index < -0.39 is 0 Å². The average molecular weight is 244 g/mol. The van der Waals surface area contributed by atoms with Crippen molar-refractivity contribution in [2.75, 3.05) is 25.0 Å². The van der Waals surface area contributed by atoms with Gasteiger partial charge in [0.2, 0.25) is 0 Å². The quantitative estimate of drug-likeness (QED) is 0.882. The number of piperidine rings is 1. The normalized spacial score (nSPS) is 17.3. The summed E-state index contributed by atoms with van der Waals surface area (Å²) in [5.74, 6) is 0.878. The highest BCUT2D eigenvalue weighted by atomic mass is 15.1. The van der Waals surface area contributed by atoms with Crippen LogP contribution in [0.2, 0.25) is 0 Å². The molecule has 18 heavy (non-hydrogen) atoms. The molecule has 0 unspecified atom stereocenters. The molecule has 1 fully saturated rings. The van der Waals surface area contributed by atoms with Crippen LogP contribution < -0.4 is 5.32 Å². The highest BCUT2D eigenvalue weighted by molar-refractivity contribution is 5.39. The molecule has 1 N–H and O–H groups in total. The summed E-state index contributed by atoms with van der Waals surface area (Å²) in [5, 5.41) is 12.2. The number of aromatic nitrogens is 1. The van der Waals surface area contributed by atoms with Crippen LogP contribution in [0, 0.1) is 11.3 Å². The van der Waals surface area contributed by atoms with Gasteiger partial charge in [-0.1, -0.05) is 6.92 Å². The summed E-state index contributed by atoms with van der Waals surface area (Å²) >= 11 is 0. The fourth-order valence-electron chi connectivity index (χ4n) is 2.37. The molecule has 0 bridgehead atoms. The van der Waals surface area contributed by atoms with Crippen molar-refractivity contribution in [1.29, 1.82) is 5.26 Å². The Morgan fingerprint density at radius 1 is 1.44 bits per heavy atom. The Kier molecular flexibility index (Phi) is 4.54. The van der Waals surface area contributed by atoms with Gasteiger partial charge in [0.25, 0.3) is 0 Å². The topological polar surface area (TPSA) is 52.0 Å². The summed E-state index contributed by atoms with van der Waals surface area (Å²) in [7, 11) is 0. The molecule has 1 saturated heterocycles. The first-order valence-corrected chi connectivity index (χ1v) is 6.67. The van der Waals surface area contributed by atoms with Crippen molar-refractivity contribution in [2.45, 2.75) is 32.2 Å². The maximum absolute atomic E-state index is 8.71. The minimum Gasteiger partial charge on any atom is -0.367 e. The van der Waals surface area contributed by atoms with Gasteiger partial charge in [0, 0.05) is 25.3 Å². The summed E-state index contributed by atoms with van der Waals surface area (Å²) in [4.78, 5) is 6.77. The number of hydrogen-bond acceptors (Lipinski definition) is 4. The number of nitriles is 1. The Bertz CT molecular complexity index is 399. The smallest absolute Gasteiger partial charge is 0.126 e. The van der Waals surface area contributed by atoms with Crippen molar-refractivity contribution < 1.29 is 0 Å². The predicted octanol–water partition coefficient (Wildman–Crippen LogP) is 2.24. The SMILES string of the molecule is CCCN1CCC(Nc2ccc(C#N)cn2)CC1. The van der Waals surface area contributed by atoms with Gasteiger partial charge in [0.15, 0.2) is 0 Å². The molecular formula is C14H20N4. The van der Waals surface area contributed by atoms with Crippen molar-refractivity contribution in [2.24, 2.45) is 0 Å². The molecule has 1 aliphatic heterocycles. The number of anilines is 1. The third-order valence-electron chi connectivity index (χ3n) is 3.37. The first-order chi connectivity index (χ1) is 8.81. The number of hydrogen-bond donors (Lipinski definition) is 1. The summed E-state index contributed by atoms with van der Waals surface area (Å²) in [5.41, 5.74) is 0.610. The van der Waals surface area contributed by atoms with Gasteiger partial charge in [-0.2, -0.15) is 5.26 Å². The molecule has 2 rings (SSSR count). The standard InChI is InChI=1S/C14H20N4/c1-2-7-18-8-5-13(6-9-18)17-14-4-3-12(10-15)11-16-14/h3-4,11,13H,2,5-9H2,1H3,(H,16,17). The Balaban J connectivity index is 1.82. The molecule has 4 heteroatoms. The van der Waals surface area contributed by atoms with Gasteiger partial charge in [-0.3, -0.25) is 0 Å². The predicted molar refractivity (Wildman–Crippen MR) is 72.3 cm³/mol. The minimum atomic E-state index is 0.513. The van der Waals surface area contributed by atoms with Gasteiger partial charge < -0.3 is 10.2 Å². The first-order valence-electron chi connectivity index (χ1n) is 6.67. The van der Waals surface area contributed by atoms with Crippen LogP contribution in [0.4, 0.5) is 5.82 Å². The monoisotopic (exact) mass is 244 g/mol. The van der Waals surface area contributed by atoms with Crippen molar-refractivity contribution in [3.8, 4) is 6.07 Å². The molecule has 0 aliphatic carbocycles. The largest absolute Gasteiger partial charge is 0.367 e. The van der Waals surface area contributed by atoms with Crippen LogP contribution in [-0.2, 0) is 0 Å². The van der Waals surface area contributed by atoms with Gasteiger partial charge in [0.05, 0.1) is 5.56 Å². The van der Waals surface area contributed by atoms with E-state index in [9.17, 15) is 0 Å². The van der Waals surface area contributed by atoms with E-state index in [4.69, 9.17) is 5.26 Å². The first kappa shape index (κ1) is 12.8. The van der Waals surface area contributed by atoms with Crippen LogP contribution in [0.25, 0.3) is 0 Å². The molecule has 0 spiro atoms. The van der Waals surface area contributed by atoms with E-state index in [0.29, 0.717) is 11.6 Å². The molecule has 0 aromatic carbocycles. The molecule has 4 nitrogen and oxygen atoms in total. The van der Waals surface area contributed by atoms with Gasteiger partial charge in [-0.15, -0.1) is 0 Å². The molecule has 1 aromatic heterocycles. The molecule has 96 valence electrons. The Morgan fingerprint density at radius 3 is 2.78 bits per heavy atom. The summed E-state index contributed by atoms with van der Waals surface area (Å²) in [6.45, 7) is 5.77. The fraction of sp³-hybridized carbons (Fsp3) is 0.571. The van der Waals surface area contributed by atoms with Crippen molar-refractivity contribution in [3.05, 3.63) is 23.9 Å². The van der Waals surface area contributed by atoms with Crippen LogP contribution in [-0.4, -0.2) is 35.6 Å². The number of nitrogens with one attached hydrogen (secondary N) is 1. The third kappa shape index (κ3) is 3.44. The Labute approximate surface area is 109 Å². The van der Waals surface area contributed by atoms with E-state index in [1.807, 2.05) is 12.1 Å². The number of nitrogens with zero attached hydrogens (tertiary/aromatic N) is 3. The van der Waals surface area contributed by atoms with Crippen LogP contribution >= 0.6 is 0 Å².